The maximum Gasteiger partial charge on any atom is 0.345 e. The van der Waals surface area contributed by atoms with Crippen LogP contribution in [0.25, 0.3) is 6.08 Å². The first-order valence-electron chi connectivity index (χ1n) is 8.85. The summed E-state index contributed by atoms with van der Waals surface area (Å²) in [5.41, 5.74) is 2.22. The molecule has 2 aromatic carbocycles. The lowest BCUT2D eigenvalue weighted by Gasteiger charge is -2.23. The van der Waals surface area contributed by atoms with Crippen molar-refractivity contribution in [1.29, 1.82) is 0 Å². The highest BCUT2D eigenvalue weighted by Gasteiger charge is 2.21. The van der Waals surface area contributed by atoms with Gasteiger partial charge < -0.3 is 23.8 Å². The molecular formula is C22H25NO6. The minimum atomic E-state index is -0.760. The summed E-state index contributed by atoms with van der Waals surface area (Å²) in [4.78, 5) is 26.0. The van der Waals surface area contributed by atoms with Crippen LogP contribution in [0.2, 0.25) is 0 Å². The molecule has 7 heteroatoms. The number of anilines is 1. The summed E-state index contributed by atoms with van der Waals surface area (Å²) < 4.78 is 20.3. The minimum Gasteiger partial charge on any atom is -0.493 e. The average Bonchev–Trinajstić information content (AvgIpc) is 2.76. The Morgan fingerprint density at radius 3 is 2.14 bits per heavy atom. The van der Waals surface area contributed by atoms with Crippen LogP contribution in [0.4, 0.5) is 5.69 Å². The van der Waals surface area contributed by atoms with E-state index >= 15 is 0 Å². The number of methoxy groups -OCH3 is 4. The molecule has 154 valence electrons. The molecule has 0 bridgehead atoms. The predicted octanol–water partition coefficient (Wildman–Crippen LogP) is 3.07. The number of benzene rings is 2. The summed E-state index contributed by atoms with van der Waals surface area (Å²) in [7, 11) is 7.52. The van der Waals surface area contributed by atoms with E-state index in [1.54, 1.807) is 20.3 Å². The molecule has 0 radical (unpaired) electrons. The zero-order valence-electron chi connectivity index (χ0n) is 17.2. The highest BCUT2D eigenvalue weighted by atomic mass is 16.5. The second kappa shape index (κ2) is 10.2. The quantitative estimate of drug-likeness (QED) is 0.292. The van der Waals surface area contributed by atoms with Crippen LogP contribution in [-0.4, -0.2) is 47.4 Å². The maximum atomic E-state index is 12.0. The lowest BCUT2D eigenvalue weighted by atomic mass is 10.1. The molecule has 0 aliphatic heterocycles. The molecule has 0 N–H and O–H groups in total. The number of para-hydroxylation sites is 2. The van der Waals surface area contributed by atoms with Crippen molar-refractivity contribution < 1.29 is 28.5 Å². The summed E-state index contributed by atoms with van der Waals surface area (Å²) in [5, 5.41) is 0. The Morgan fingerprint density at radius 1 is 0.897 bits per heavy atom. The molecule has 2 rings (SSSR count). The number of nitrogens with zero attached hydrogens (tertiary/aromatic N) is 1. The Labute approximate surface area is 170 Å². The number of esters is 2. The Hall–Kier alpha value is -3.48. The molecule has 0 fully saturated rings. The minimum absolute atomic E-state index is 0.185. The molecule has 0 unspecified atom stereocenters. The fraction of sp³-hybridized carbons (Fsp3) is 0.273. The van der Waals surface area contributed by atoms with Crippen LogP contribution in [0.15, 0.2) is 48.0 Å². The van der Waals surface area contributed by atoms with Gasteiger partial charge in [-0.1, -0.05) is 30.3 Å². The first-order valence-corrected chi connectivity index (χ1v) is 8.85. The molecular weight excluding hydrogens is 374 g/mol. The molecule has 0 aliphatic rings. The number of hydrogen-bond acceptors (Lipinski definition) is 7. The van der Waals surface area contributed by atoms with Gasteiger partial charge >= 0.3 is 11.9 Å². The normalized spacial score (nSPS) is 9.97. The van der Waals surface area contributed by atoms with E-state index in [9.17, 15) is 9.59 Å². The fourth-order valence-electron chi connectivity index (χ4n) is 2.95. The smallest absolute Gasteiger partial charge is 0.345 e. The van der Waals surface area contributed by atoms with Crippen LogP contribution in [0.1, 0.15) is 11.1 Å². The van der Waals surface area contributed by atoms with Crippen LogP contribution in [0, 0.1) is 0 Å². The maximum absolute atomic E-state index is 12.0. The number of rotatable bonds is 8. The highest BCUT2D eigenvalue weighted by Crippen LogP contribution is 2.33. The van der Waals surface area contributed by atoms with Crippen molar-refractivity contribution in [3.63, 3.8) is 0 Å². The van der Waals surface area contributed by atoms with E-state index in [4.69, 9.17) is 18.9 Å². The third-order valence-electron chi connectivity index (χ3n) is 4.35. The SMILES string of the molecule is COC(=O)C(=Cc1ccccc1N(C)Cc1cccc(OC)c1OC)C(=O)OC. The van der Waals surface area contributed by atoms with Gasteiger partial charge in [-0.2, -0.15) is 0 Å². The van der Waals surface area contributed by atoms with E-state index in [0.29, 0.717) is 23.6 Å². The van der Waals surface area contributed by atoms with Crippen LogP contribution in [-0.2, 0) is 25.6 Å². The second-order valence-corrected chi connectivity index (χ2v) is 6.11. The summed E-state index contributed by atoms with van der Waals surface area (Å²) in [5.74, 6) is -0.225. The van der Waals surface area contributed by atoms with Crippen molar-refractivity contribution in [2.45, 2.75) is 6.54 Å². The van der Waals surface area contributed by atoms with Crippen molar-refractivity contribution >= 4 is 23.7 Å². The largest absolute Gasteiger partial charge is 0.493 e. The van der Waals surface area contributed by atoms with Crippen molar-refractivity contribution in [3.05, 3.63) is 59.2 Å². The monoisotopic (exact) mass is 399 g/mol. The predicted molar refractivity (Wildman–Crippen MR) is 110 cm³/mol. The molecule has 7 nitrogen and oxygen atoms in total. The lowest BCUT2D eigenvalue weighted by molar-refractivity contribution is -0.143. The van der Waals surface area contributed by atoms with Crippen LogP contribution in [0.3, 0.4) is 0 Å². The molecule has 0 atom stereocenters. The van der Waals surface area contributed by atoms with Crippen molar-refractivity contribution in [2.24, 2.45) is 0 Å². The van der Waals surface area contributed by atoms with Crippen LogP contribution < -0.4 is 14.4 Å². The lowest BCUT2D eigenvalue weighted by Crippen LogP contribution is -2.19. The van der Waals surface area contributed by atoms with Gasteiger partial charge in [0.1, 0.15) is 5.57 Å². The topological polar surface area (TPSA) is 74.3 Å². The van der Waals surface area contributed by atoms with E-state index in [1.807, 2.05) is 48.3 Å². The number of hydrogen-bond donors (Lipinski definition) is 0. The highest BCUT2D eigenvalue weighted by molar-refractivity contribution is 6.18. The van der Waals surface area contributed by atoms with E-state index in [1.165, 1.54) is 20.3 Å². The zero-order valence-corrected chi connectivity index (χ0v) is 17.2. The Morgan fingerprint density at radius 2 is 1.55 bits per heavy atom. The molecule has 0 spiro atoms. The van der Waals surface area contributed by atoms with Gasteiger partial charge in [-0.05, 0) is 23.8 Å². The molecule has 0 heterocycles. The molecule has 0 aromatic heterocycles. The van der Waals surface area contributed by atoms with Gasteiger partial charge in [0.05, 0.1) is 28.4 Å². The number of carbonyl (C=O) groups excluding carboxylic acids is 2. The molecule has 0 saturated carbocycles. The summed E-state index contributed by atoms with van der Waals surface area (Å²) in [6, 6.07) is 13.1. The summed E-state index contributed by atoms with van der Waals surface area (Å²) in [6.07, 6.45) is 1.46. The van der Waals surface area contributed by atoms with Gasteiger partial charge in [0.2, 0.25) is 0 Å². The Kier molecular flexibility index (Phi) is 7.65. The first-order chi connectivity index (χ1) is 14.0. The summed E-state index contributed by atoms with van der Waals surface area (Å²) >= 11 is 0. The number of ether oxygens (including phenoxy) is 4. The van der Waals surface area contributed by atoms with E-state index in [0.717, 1.165) is 11.3 Å². The zero-order chi connectivity index (χ0) is 21.4. The van der Waals surface area contributed by atoms with Crippen LogP contribution >= 0.6 is 0 Å². The van der Waals surface area contributed by atoms with Gasteiger partial charge in [0.25, 0.3) is 0 Å². The molecule has 0 aliphatic carbocycles. The molecule has 2 aromatic rings. The third kappa shape index (κ3) is 5.07. The van der Waals surface area contributed by atoms with E-state index < -0.39 is 11.9 Å². The third-order valence-corrected chi connectivity index (χ3v) is 4.35. The fourth-order valence-corrected chi connectivity index (χ4v) is 2.95. The first kappa shape index (κ1) is 21.8. The van der Waals surface area contributed by atoms with Gasteiger partial charge in [0, 0.05) is 24.8 Å². The van der Waals surface area contributed by atoms with Crippen molar-refractivity contribution in [2.75, 3.05) is 40.4 Å². The van der Waals surface area contributed by atoms with Crippen LogP contribution in [0.5, 0.6) is 11.5 Å². The van der Waals surface area contributed by atoms with Crippen molar-refractivity contribution in [1.82, 2.24) is 0 Å². The Balaban J connectivity index is 2.43. The standard InChI is InChI=1S/C22H25NO6/c1-23(14-16-10-8-12-19(26-2)20(16)27-3)18-11-7-6-9-15(18)13-17(21(24)28-4)22(25)29-5/h6-13H,14H2,1-5H3. The molecule has 0 amide bonds. The van der Waals surface area contributed by atoms with E-state index in [-0.39, 0.29) is 5.57 Å². The number of carbonyl (C=O) groups is 2. The van der Waals surface area contributed by atoms with Gasteiger partial charge in [0.15, 0.2) is 11.5 Å². The Bertz CT molecular complexity index is 888. The second-order valence-electron chi connectivity index (χ2n) is 6.11. The van der Waals surface area contributed by atoms with Gasteiger partial charge in [-0.25, -0.2) is 9.59 Å². The average molecular weight is 399 g/mol. The van der Waals surface area contributed by atoms with Gasteiger partial charge in [-0.3, -0.25) is 0 Å². The van der Waals surface area contributed by atoms with E-state index in [2.05, 4.69) is 0 Å². The molecule has 0 saturated heterocycles. The van der Waals surface area contributed by atoms with Gasteiger partial charge in [-0.15, -0.1) is 0 Å². The van der Waals surface area contributed by atoms with Crippen molar-refractivity contribution in [3.8, 4) is 11.5 Å². The molecule has 29 heavy (non-hydrogen) atoms. The summed E-state index contributed by atoms with van der Waals surface area (Å²) in [6.45, 7) is 0.511.